The Labute approximate surface area is 113 Å². The number of nitrogens with zero attached hydrogens (tertiary/aromatic N) is 1. The van der Waals surface area contributed by atoms with Gasteiger partial charge in [-0.05, 0) is 19.4 Å². The van der Waals surface area contributed by atoms with Gasteiger partial charge in [0.2, 0.25) is 5.82 Å². The number of piperidine rings is 1. The molecule has 2 nitrogen and oxygen atoms in total. The lowest BCUT2D eigenvalue weighted by Crippen LogP contribution is -2.39. The Balaban J connectivity index is 2.18. The number of rotatable bonds is 3. The molecule has 1 fully saturated rings. The van der Waals surface area contributed by atoms with E-state index in [1.807, 2.05) is 6.92 Å². The van der Waals surface area contributed by atoms with Crippen molar-refractivity contribution >= 4 is 5.69 Å². The summed E-state index contributed by atoms with van der Waals surface area (Å²) >= 11 is 0. The molecule has 0 spiro atoms. The highest BCUT2D eigenvalue weighted by molar-refractivity contribution is 5.48. The average Bonchev–Trinajstić information content (AvgIpc) is 2.48. The van der Waals surface area contributed by atoms with E-state index < -0.39 is 34.8 Å². The molecule has 112 valence electrons. The summed E-state index contributed by atoms with van der Waals surface area (Å²) in [6.45, 7) is 4.32. The maximum absolute atomic E-state index is 13.5. The second kappa shape index (κ2) is 5.95. The Bertz CT molecular complexity index is 469. The number of nitrogens with one attached hydrogen (secondary N) is 1. The van der Waals surface area contributed by atoms with Crippen LogP contribution in [0.4, 0.5) is 27.6 Å². The molecule has 1 N–H and O–H groups in total. The summed E-state index contributed by atoms with van der Waals surface area (Å²) in [5.74, 6) is -9.58. The summed E-state index contributed by atoms with van der Waals surface area (Å²) in [6, 6.07) is -0.300. The maximum Gasteiger partial charge on any atom is 0.200 e. The van der Waals surface area contributed by atoms with E-state index in [-0.39, 0.29) is 6.04 Å². The van der Waals surface area contributed by atoms with Crippen LogP contribution in [0.2, 0.25) is 0 Å². The molecule has 1 aliphatic rings. The molecule has 0 saturated carbocycles. The molecule has 0 aliphatic carbocycles. The van der Waals surface area contributed by atoms with Gasteiger partial charge in [-0.15, -0.1) is 0 Å². The largest absolute Gasteiger partial charge is 0.377 e. The van der Waals surface area contributed by atoms with E-state index in [1.54, 1.807) is 0 Å². The molecule has 0 amide bonds. The molecule has 1 aliphatic heterocycles. The first-order chi connectivity index (χ1) is 9.45. The first-order valence-electron chi connectivity index (χ1n) is 6.46. The Morgan fingerprint density at radius 3 is 1.80 bits per heavy atom. The Morgan fingerprint density at radius 1 is 0.900 bits per heavy atom. The first-order valence-corrected chi connectivity index (χ1v) is 6.46. The lowest BCUT2D eigenvalue weighted by Gasteiger charge is -2.32. The van der Waals surface area contributed by atoms with Gasteiger partial charge in [0.25, 0.3) is 0 Å². The molecule has 0 aromatic heterocycles. The molecule has 20 heavy (non-hydrogen) atoms. The number of anilines is 1. The molecule has 0 atom stereocenters. The Morgan fingerprint density at radius 2 is 1.35 bits per heavy atom. The van der Waals surface area contributed by atoms with Crippen LogP contribution in [0.3, 0.4) is 0 Å². The number of likely N-dealkylation sites (tertiary alicyclic amines) is 1. The number of hydrogen-bond acceptors (Lipinski definition) is 2. The minimum absolute atomic E-state index is 0.300. The number of benzene rings is 1. The van der Waals surface area contributed by atoms with Crippen molar-refractivity contribution in [3.63, 3.8) is 0 Å². The van der Waals surface area contributed by atoms with Gasteiger partial charge in [-0.3, -0.25) is 0 Å². The van der Waals surface area contributed by atoms with Crippen molar-refractivity contribution in [2.24, 2.45) is 0 Å². The van der Waals surface area contributed by atoms with Crippen LogP contribution in [0.15, 0.2) is 0 Å². The van der Waals surface area contributed by atoms with Gasteiger partial charge in [-0.1, -0.05) is 6.92 Å². The fourth-order valence-corrected chi connectivity index (χ4v) is 2.33. The summed E-state index contributed by atoms with van der Waals surface area (Å²) in [6.07, 6.45) is 1.18. The minimum Gasteiger partial charge on any atom is -0.377 e. The average molecular weight is 294 g/mol. The summed E-state index contributed by atoms with van der Waals surface area (Å²) in [7, 11) is 0. The van der Waals surface area contributed by atoms with Gasteiger partial charge in [-0.2, -0.15) is 0 Å². The van der Waals surface area contributed by atoms with Crippen LogP contribution in [-0.4, -0.2) is 30.6 Å². The highest BCUT2D eigenvalue weighted by Crippen LogP contribution is 2.28. The molecule has 0 unspecified atom stereocenters. The van der Waals surface area contributed by atoms with Crippen LogP contribution in [0.5, 0.6) is 0 Å². The van der Waals surface area contributed by atoms with Crippen molar-refractivity contribution in [1.82, 2.24) is 4.90 Å². The zero-order chi connectivity index (χ0) is 14.9. The molecule has 7 heteroatoms. The molecule has 2 rings (SSSR count). The normalized spacial score (nSPS) is 17.5. The lowest BCUT2D eigenvalue weighted by atomic mass is 10.0. The maximum atomic E-state index is 13.5. The highest BCUT2D eigenvalue weighted by atomic mass is 19.2. The van der Waals surface area contributed by atoms with Crippen LogP contribution in [0, 0.1) is 29.1 Å². The van der Waals surface area contributed by atoms with Gasteiger partial charge in [-0.25, -0.2) is 22.0 Å². The zero-order valence-corrected chi connectivity index (χ0v) is 10.9. The van der Waals surface area contributed by atoms with E-state index in [1.165, 1.54) is 0 Å². The predicted molar refractivity (Wildman–Crippen MR) is 65.0 cm³/mol. The van der Waals surface area contributed by atoms with Crippen molar-refractivity contribution in [2.75, 3.05) is 25.0 Å². The molecular formula is C13H15F5N2. The van der Waals surface area contributed by atoms with E-state index in [2.05, 4.69) is 10.2 Å². The highest BCUT2D eigenvalue weighted by Gasteiger charge is 2.28. The van der Waals surface area contributed by atoms with E-state index >= 15 is 0 Å². The summed E-state index contributed by atoms with van der Waals surface area (Å²) in [4.78, 5) is 2.15. The quantitative estimate of drug-likeness (QED) is 0.523. The van der Waals surface area contributed by atoms with E-state index in [0.717, 1.165) is 19.6 Å². The van der Waals surface area contributed by atoms with Gasteiger partial charge < -0.3 is 10.2 Å². The van der Waals surface area contributed by atoms with Gasteiger partial charge in [0.05, 0.1) is 0 Å². The van der Waals surface area contributed by atoms with Crippen LogP contribution in [-0.2, 0) is 0 Å². The zero-order valence-electron chi connectivity index (χ0n) is 10.9. The molecule has 1 aromatic rings. The van der Waals surface area contributed by atoms with Gasteiger partial charge in [0.1, 0.15) is 5.69 Å². The topological polar surface area (TPSA) is 15.3 Å². The van der Waals surface area contributed by atoms with E-state index in [9.17, 15) is 22.0 Å². The SMILES string of the molecule is CCN1CCC(Nc2c(F)c(F)c(F)c(F)c2F)CC1. The third-order valence-corrected chi connectivity index (χ3v) is 3.59. The lowest BCUT2D eigenvalue weighted by molar-refractivity contribution is 0.229. The molecule has 0 radical (unpaired) electrons. The number of halogens is 5. The molecule has 0 bridgehead atoms. The summed E-state index contributed by atoms with van der Waals surface area (Å²) in [5.41, 5.74) is -0.934. The van der Waals surface area contributed by atoms with E-state index in [0.29, 0.717) is 12.8 Å². The number of hydrogen-bond donors (Lipinski definition) is 1. The second-order valence-electron chi connectivity index (χ2n) is 4.80. The minimum atomic E-state index is -2.13. The second-order valence-corrected chi connectivity index (χ2v) is 4.80. The predicted octanol–water partition coefficient (Wildman–Crippen LogP) is 3.28. The van der Waals surface area contributed by atoms with Crippen LogP contribution >= 0.6 is 0 Å². The van der Waals surface area contributed by atoms with Gasteiger partial charge in [0.15, 0.2) is 23.3 Å². The molecule has 1 heterocycles. The Hall–Kier alpha value is -1.37. The van der Waals surface area contributed by atoms with Crippen molar-refractivity contribution in [1.29, 1.82) is 0 Å². The van der Waals surface area contributed by atoms with Crippen LogP contribution in [0.25, 0.3) is 0 Å². The standard InChI is InChI=1S/C13H15F5N2/c1-2-20-5-3-7(4-6-20)19-13-11(17)9(15)8(14)10(16)12(13)18/h7,19H,2-6H2,1H3. The third-order valence-electron chi connectivity index (χ3n) is 3.59. The summed E-state index contributed by atoms with van der Waals surface area (Å²) in [5, 5.41) is 2.45. The van der Waals surface area contributed by atoms with E-state index in [4.69, 9.17) is 0 Å². The van der Waals surface area contributed by atoms with Gasteiger partial charge in [0, 0.05) is 19.1 Å². The fraction of sp³-hybridized carbons (Fsp3) is 0.538. The first kappa shape index (κ1) is 15.0. The van der Waals surface area contributed by atoms with Crippen LogP contribution in [0.1, 0.15) is 19.8 Å². The summed E-state index contributed by atoms with van der Waals surface area (Å²) < 4.78 is 66.1. The van der Waals surface area contributed by atoms with Crippen molar-refractivity contribution in [3.05, 3.63) is 29.1 Å². The van der Waals surface area contributed by atoms with Crippen molar-refractivity contribution in [2.45, 2.75) is 25.8 Å². The smallest absolute Gasteiger partial charge is 0.200 e. The van der Waals surface area contributed by atoms with Crippen molar-refractivity contribution < 1.29 is 22.0 Å². The molecule has 1 aromatic carbocycles. The van der Waals surface area contributed by atoms with Gasteiger partial charge >= 0.3 is 0 Å². The Kier molecular flexibility index (Phi) is 4.47. The van der Waals surface area contributed by atoms with Crippen LogP contribution < -0.4 is 5.32 Å². The molecule has 1 saturated heterocycles. The fourth-order valence-electron chi connectivity index (χ4n) is 2.33. The monoisotopic (exact) mass is 294 g/mol. The van der Waals surface area contributed by atoms with Crippen molar-refractivity contribution in [3.8, 4) is 0 Å². The third kappa shape index (κ3) is 2.72. The molecular weight excluding hydrogens is 279 g/mol.